The maximum atomic E-state index is 8.53. The molecule has 0 aromatic carbocycles. The molecule has 0 N–H and O–H groups in total. The minimum absolute atomic E-state index is 0.704. The summed E-state index contributed by atoms with van der Waals surface area (Å²) in [6.45, 7) is 0.895. The standard InChI is InChI=1S/C10H10N2/c1-2-3-4-6-12-7-5-10(8-11)9-12/h1,5,7,9H,3-4,6H2. The Morgan fingerprint density at radius 1 is 1.58 bits per heavy atom. The average Bonchev–Trinajstić information content (AvgIpc) is 2.53. The number of nitrogens with zero attached hydrogens (tertiary/aromatic N) is 2. The summed E-state index contributed by atoms with van der Waals surface area (Å²) in [6, 6.07) is 3.88. The zero-order valence-electron chi connectivity index (χ0n) is 6.83. The molecule has 1 rings (SSSR count). The van der Waals surface area contributed by atoms with Gasteiger partial charge in [-0.15, -0.1) is 12.3 Å². The second-order valence-corrected chi connectivity index (χ2v) is 2.56. The first kappa shape index (κ1) is 8.43. The van der Waals surface area contributed by atoms with E-state index in [1.54, 1.807) is 6.07 Å². The van der Waals surface area contributed by atoms with Gasteiger partial charge in [-0.05, 0) is 12.5 Å². The molecule has 0 aliphatic carbocycles. The molecule has 0 amide bonds. The van der Waals surface area contributed by atoms with Crippen LogP contribution in [0.5, 0.6) is 0 Å². The lowest BCUT2D eigenvalue weighted by molar-refractivity contribution is 0.659. The first-order chi connectivity index (χ1) is 5.86. The molecule has 2 nitrogen and oxygen atoms in total. The van der Waals surface area contributed by atoms with Gasteiger partial charge in [-0.25, -0.2) is 0 Å². The monoisotopic (exact) mass is 158 g/mol. The molecule has 0 aliphatic rings. The van der Waals surface area contributed by atoms with Crippen LogP contribution in [0, 0.1) is 23.7 Å². The van der Waals surface area contributed by atoms with Crippen molar-refractivity contribution in [2.75, 3.05) is 0 Å². The first-order valence-electron chi connectivity index (χ1n) is 3.86. The molecule has 0 aliphatic heterocycles. The van der Waals surface area contributed by atoms with Crippen LogP contribution in [-0.2, 0) is 6.54 Å². The van der Waals surface area contributed by atoms with Crippen molar-refractivity contribution in [3.05, 3.63) is 24.0 Å². The Bertz CT molecular complexity index is 322. The van der Waals surface area contributed by atoms with Crippen molar-refractivity contribution in [1.29, 1.82) is 5.26 Å². The quantitative estimate of drug-likeness (QED) is 0.487. The fourth-order valence-corrected chi connectivity index (χ4v) is 1.01. The van der Waals surface area contributed by atoms with Crippen LogP contribution in [0.3, 0.4) is 0 Å². The normalized spacial score (nSPS) is 8.83. The molecule has 1 aromatic heterocycles. The van der Waals surface area contributed by atoms with E-state index >= 15 is 0 Å². The van der Waals surface area contributed by atoms with Crippen molar-refractivity contribution in [2.45, 2.75) is 19.4 Å². The summed E-state index contributed by atoms with van der Waals surface area (Å²) in [5.74, 6) is 2.58. The third kappa shape index (κ3) is 2.18. The number of terminal acetylenes is 1. The number of nitriles is 1. The summed E-state index contributed by atoms with van der Waals surface area (Å²) in [5, 5.41) is 8.53. The number of aryl methyl sites for hydroxylation is 1. The lowest BCUT2D eigenvalue weighted by Crippen LogP contribution is -1.92. The summed E-state index contributed by atoms with van der Waals surface area (Å²) < 4.78 is 1.98. The Hall–Kier alpha value is -1.67. The minimum Gasteiger partial charge on any atom is -0.353 e. The highest BCUT2D eigenvalue weighted by atomic mass is 14.9. The van der Waals surface area contributed by atoms with Crippen LogP contribution in [0.25, 0.3) is 0 Å². The molecule has 0 spiro atoms. The minimum atomic E-state index is 0.704. The van der Waals surface area contributed by atoms with Gasteiger partial charge in [0.2, 0.25) is 0 Å². The van der Waals surface area contributed by atoms with Gasteiger partial charge >= 0.3 is 0 Å². The van der Waals surface area contributed by atoms with Crippen LogP contribution < -0.4 is 0 Å². The fourth-order valence-electron chi connectivity index (χ4n) is 1.01. The van der Waals surface area contributed by atoms with Crippen molar-refractivity contribution in [1.82, 2.24) is 4.57 Å². The molecule has 0 unspecified atom stereocenters. The van der Waals surface area contributed by atoms with Crippen LogP contribution in [0.15, 0.2) is 18.5 Å². The summed E-state index contributed by atoms with van der Waals surface area (Å²) in [4.78, 5) is 0. The molecular formula is C10H10N2. The predicted octanol–water partition coefficient (Wildman–Crippen LogP) is 1.77. The van der Waals surface area contributed by atoms with Crippen molar-refractivity contribution in [2.24, 2.45) is 0 Å². The zero-order valence-corrected chi connectivity index (χ0v) is 6.83. The second-order valence-electron chi connectivity index (χ2n) is 2.56. The summed E-state index contributed by atoms with van der Waals surface area (Å²) >= 11 is 0. The van der Waals surface area contributed by atoms with Crippen LogP contribution in [0.1, 0.15) is 18.4 Å². The lowest BCUT2D eigenvalue weighted by atomic mass is 10.3. The Kier molecular flexibility index (Phi) is 2.99. The van der Waals surface area contributed by atoms with Gasteiger partial charge in [0.15, 0.2) is 0 Å². The van der Waals surface area contributed by atoms with Crippen molar-refractivity contribution in [3.8, 4) is 18.4 Å². The summed E-state index contributed by atoms with van der Waals surface area (Å²) in [5.41, 5.74) is 0.704. The van der Waals surface area contributed by atoms with Crippen LogP contribution >= 0.6 is 0 Å². The lowest BCUT2D eigenvalue weighted by Gasteiger charge is -1.97. The molecule has 0 atom stereocenters. The SMILES string of the molecule is C#CCCCn1ccc(C#N)c1. The molecule has 0 radical (unpaired) electrons. The first-order valence-corrected chi connectivity index (χ1v) is 3.86. The number of hydrogen-bond acceptors (Lipinski definition) is 1. The molecule has 0 saturated heterocycles. The van der Waals surface area contributed by atoms with Gasteiger partial charge in [0, 0.05) is 25.4 Å². The van der Waals surface area contributed by atoms with Crippen LogP contribution in [0.2, 0.25) is 0 Å². The van der Waals surface area contributed by atoms with E-state index in [0.717, 1.165) is 19.4 Å². The van der Waals surface area contributed by atoms with E-state index in [-0.39, 0.29) is 0 Å². The molecule has 1 heterocycles. The Morgan fingerprint density at radius 3 is 3.00 bits per heavy atom. The maximum absolute atomic E-state index is 8.53. The molecule has 0 bridgehead atoms. The van der Waals surface area contributed by atoms with E-state index in [4.69, 9.17) is 11.7 Å². The van der Waals surface area contributed by atoms with Crippen molar-refractivity contribution < 1.29 is 0 Å². The molecular weight excluding hydrogens is 148 g/mol. The molecule has 60 valence electrons. The van der Waals surface area contributed by atoms with E-state index in [9.17, 15) is 0 Å². The highest BCUT2D eigenvalue weighted by molar-refractivity contribution is 5.25. The van der Waals surface area contributed by atoms with Gasteiger partial charge in [0.25, 0.3) is 0 Å². The van der Waals surface area contributed by atoms with Gasteiger partial charge in [-0.1, -0.05) is 0 Å². The third-order valence-electron chi connectivity index (χ3n) is 1.62. The van der Waals surface area contributed by atoms with Gasteiger partial charge in [0.05, 0.1) is 5.56 Å². The maximum Gasteiger partial charge on any atom is 0.101 e. The molecule has 0 saturated carbocycles. The zero-order chi connectivity index (χ0) is 8.81. The van der Waals surface area contributed by atoms with Crippen molar-refractivity contribution in [3.63, 3.8) is 0 Å². The summed E-state index contributed by atoms with van der Waals surface area (Å²) in [6.07, 6.45) is 10.6. The Morgan fingerprint density at radius 2 is 2.42 bits per heavy atom. The van der Waals surface area contributed by atoms with Crippen LogP contribution in [0.4, 0.5) is 0 Å². The number of hydrogen-bond donors (Lipinski definition) is 0. The predicted molar refractivity (Wildman–Crippen MR) is 47.2 cm³/mol. The van der Waals surface area contributed by atoms with E-state index in [2.05, 4.69) is 12.0 Å². The van der Waals surface area contributed by atoms with Gasteiger partial charge in [-0.2, -0.15) is 5.26 Å². The fraction of sp³-hybridized carbons (Fsp3) is 0.300. The number of unbranched alkanes of at least 4 members (excludes halogenated alkanes) is 1. The number of rotatable bonds is 3. The van der Waals surface area contributed by atoms with Gasteiger partial charge in [0.1, 0.15) is 6.07 Å². The van der Waals surface area contributed by atoms with Crippen LogP contribution in [-0.4, -0.2) is 4.57 Å². The largest absolute Gasteiger partial charge is 0.353 e. The molecule has 1 aromatic rings. The highest BCUT2D eigenvalue weighted by Crippen LogP contribution is 2.01. The Balaban J connectivity index is 2.44. The van der Waals surface area contributed by atoms with E-state index in [1.165, 1.54) is 0 Å². The van der Waals surface area contributed by atoms with E-state index in [0.29, 0.717) is 5.56 Å². The summed E-state index contributed by atoms with van der Waals surface area (Å²) in [7, 11) is 0. The van der Waals surface area contributed by atoms with Gasteiger partial charge in [-0.3, -0.25) is 0 Å². The molecule has 12 heavy (non-hydrogen) atoms. The van der Waals surface area contributed by atoms with Gasteiger partial charge < -0.3 is 4.57 Å². The molecule has 2 heteroatoms. The average molecular weight is 158 g/mol. The second kappa shape index (κ2) is 4.26. The smallest absolute Gasteiger partial charge is 0.101 e. The third-order valence-corrected chi connectivity index (χ3v) is 1.62. The van der Waals surface area contributed by atoms with E-state index in [1.807, 2.05) is 17.0 Å². The number of aromatic nitrogens is 1. The highest BCUT2D eigenvalue weighted by Gasteiger charge is 1.93. The van der Waals surface area contributed by atoms with Crippen molar-refractivity contribution >= 4 is 0 Å². The Labute approximate surface area is 72.4 Å². The van der Waals surface area contributed by atoms with E-state index < -0.39 is 0 Å². The topological polar surface area (TPSA) is 28.7 Å². The molecule has 0 fully saturated rings.